The number of rotatable bonds is 7. The van der Waals surface area contributed by atoms with Crippen LogP contribution in [0.25, 0.3) is 0 Å². The smallest absolute Gasteiger partial charge is 0.317 e. The van der Waals surface area contributed by atoms with Gasteiger partial charge in [-0.1, -0.05) is 6.92 Å². The van der Waals surface area contributed by atoms with E-state index in [4.69, 9.17) is 10.2 Å². The maximum Gasteiger partial charge on any atom is 0.317 e. The maximum atomic E-state index is 11.5. The van der Waals surface area contributed by atoms with E-state index in [1.165, 1.54) is 4.90 Å². The molecular weight excluding hydrogens is 224 g/mol. The molecule has 6 nitrogen and oxygen atoms in total. The monoisotopic (exact) mass is 246 g/mol. The van der Waals surface area contributed by atoms with Gasteiger partial charge in [-0.05, 0) is 19.8 Å². The van der Waals surface area contributed by atoms with Crippen molar-refractivity contribution in [2.75, 3.05) is 20.1 Å². The fourth-order valence-corrected chi connectivity index (χ4v) is 1.14. The highest BCUT2D eigenvalue weighted by Gasteiger charge is 2.12. The summed E-state index contributed by atoms with van der Waals surface area (Å²) in [4.78, 5) is 23.5. The summed E-state index contributed by atoms with van der Waals surface area (Å²) in [6, 6.07) is -0.247. The summed E-state index contributed by atoms with van der Waals surface area (Å²) in [5.41, 5.74) is 0. The quantitative estimate of drug-likeness (QED) is 0.610. The van der Waals surface area contributed by atoms with E-state index in [0.29, 0.717) is 25.9 Å². The highest BCUT2D eigenvalue weighted by atomic mass is 16.4. The lowest BCUT2D eigenvalue weighted by Crippen LogP contribution is -2.39. The largest absolute Gasteiger partial charge is 0.481 e. The van der Waals surface area contributed by atoms with Crippen molar-refractivity contribution in [1.29, 1.82) is 0 Å². The van der Waals surface area contributed by atoms with Gasteiger partial charge in [0.15, 0.2) is 0 Å². The van der Waals surface area contributed by atoms with E-state index in [2.05, 4.69) is 5.32 Å². The second-order valence-corrected chi connectivity index (χ2v) is 4.32. The summed E-state index contributed by atoms with van der Waals surface area (Å²) in [5, 5.41) is 20.4. The Balaban J connectivity index is 3.74. The number of amides is 2. The average Bonchev–Trinajstić information content (AvgIpc) is 2.25. The predicted molar refractivity (Wildman–Crippen MR) is 63.7 cm³/mol. The number of hydrogen-bond donors (Lipinski definition) is 3. The van der Waals surface area contributed by atoms with Gasteiger partial charge in [-0.2, -0.15) is 0 Å². The van der Waals surface area contributed by atoms with Gasteiger partial charge in [-0.15, -0.1) is 0 Å². The first-order valence-electron chi connectivity index (χ1n) is 5.74. The Bertz CT molecular complexity index is 256. The van der Waals surface area contributed by atoms with Crippen LogP contribution < -0.4 is 5.32 Å². The Morgan fingerprint density at radius 1 is 1.29 bits per heavy atom. The van der Waals surface area contributed by atoms with Crippen LogP contribution in [0.3, 0.4) is 0 Å². The first-order valence-corrected chi connectivity index (χ1v) is 5.74. The van der Waals surface area contributed by atoms with Crippen LogP contribution >= 0.6 is 0 Å². The molecule has 3 N–H and O–H groups in total. The normalized spacial score (nSPS) is 13.9. The van der Waals surface area contributed by atoms with E-state index >= 15 is 0 Å². The van der Waals surface area contributed by atoms with Gasteiger partial charge in [0.05, 0.1) is 12.0 Å². The molecule has 6 heteroatoms. The molecule has 0 aromatic rings. The second kappa shape index (κ2) is 7.89. The molecule has 0 radical (unpaired) electrons. The molecule has 2 amide bonds. The van der Waals surface area contributed by atoms with Crippen LogP contribution in [0.15, 0.2) is 0 Å². The third-order valence-corrected chi connectivity index (χ3v) is 2.50. The van der Waals surface area contributed by atoms with E-state index in [-0.39, 0.29) is 6.03 Å². The molecule has 0 aromatic heterocycles. The summed E-state index contributed by atoms with van der Waals surface area (Å²) in [6.07, 6.45) is 0.498. The molecule has 0 saturated heterocycles. The Hall–Kier alpha value is -1.30. The van der Waals surface area contributed by atoms with Gasteiger partial charge in [0, 0.05) is 20.1 Å². The number of carbonyl (C=O) groups excluding carboxylic acids is 1. The Morgan fingerprint density at radius 2 is 1.88 bits per heavy atom. The zero-order valence-electron chi connectivity index (χ0n) is 10.6. The number of aliphatic carboxylic acids is 1. The molecule has 2 unspecified atom stereocenters. The van der Waals surface area contributed by atoms with Crippen LogP contribution in [-0.4, -0.2) is 53.4 Å². The zero-order valence-corrected chi connectivity index (χ0v) is 10.6. The molecule has 2 atom stereocenters. The molecule has 0 spiro atoms. The van der Waals surface area contributed by atoms with Crippen molar-refractivity contribution in [3.8, 4) is 0 Å². The number of carbonyl (C=O) groups is 2. The van der Waals surface area contributed by atoms with Crippen LogP contribution in [0.5, 0.6) is 0 Å². The van der Waals surface area contributed by atoms with Gasteiger partial charge in [0.1, 0.15) is 0 Å². The second-order valence-electron chi connectivity index (χ2n) is 4.32. The van der Waals surface area contributed by atoms with Gasteiger partial charge >= 0.3 is 12.0 Å². The highest BCUT2D eigenvalue weighted by molar-refractivity contribution is 5.74. The Kier molecular flexibility index (Phi) is 7.29. The molecular formula is C11H22N2O4. The van der Waals surface area contributed by atoms with Crippen molar-refractivity contribution < 1.29 is 19.8 Å². The lowest BCUT2D eigenvalue weighted by Gasteiger charge is -2.19. The first-order chi connectivity index (χ1) is 7.84. The third kappa shape index (κ3) is 7.57. The SMILES string of the molecule is CC(O)CCN(C)C(=O)NCCC(C)C(=O)O. The maximum absolute atomic E-state index is 11.5. The minimum atomic E-state index is -0.860. The van der Waals surface area contributed by atoms with Crippen LogP contribution in [0, 0.1) is 5.92 Å². The van der Waals surface area contributed by atoms with Crippen molar-refractivity contribution in [2.45, 2.75) is 32.8 Å². The van der Waals surface area contributed by atoms with E-state index in [0.717, 1.165) is 0 Å². The fourth-order valence-electron chi connectivity index (χ4n) is 1.14. The number of urea groups is 1. The van der Waals surface area contributed by atoms with E-state index in [9.17, 15) is 9.59 Å². The van der Waals surface area contributed by atoms with Gasteiger partial charge in [-0.25, -0.2) is 4.79 Å². The molecule has 0 saturated carbocycles. The third-order valence-electron chi connectivity index (χ3n) is 2.50. The minimum absolute atomic E-state index is 0.247. The Labute approximate surface area is 102 Å². The van der Waals surface area contributed by atoms with Crippen molar-refractivity contribution in [2.24, 2.45) is 5.92 Å². The molecule has 0 aliphatic carbocycles. The summed E-state index contributed by atoms with van der Waals surface area (Å²) in [5.74, 6) is -1.32. The summed E-state index contributed by atoms with van der Waals surface area (Å²) < 4.78 is 0. The molecule has 0 aliphatic heterocycles. The number of nitrogens with zero attached hydrogens (tertiary/aromatic N) is 1. The number of carboxylic acid groups (broad SMARTS) is 1. The van der Waals surface area contributed by atoms with E-state index < -0.39 is 18.0 Å². The Morgan fingerprint density at radius 3 is 2.35 bits per heavy atom. The molecule has 0 aliphatic rings. The van der Waals surface area contributed by atoms with Crippen molar-refractivity contribution in [3.05, 3.63) is 0 Å². The summed E-state index contributed by atoms with van der Waals surface area (Å²) in [7, 11) is 1.64. The molecule has 100 valence electrons. The van der Waals surface area contributed by atoms with Gasteiger partial charge in [0.2, 0.25) is 0 Å². The van der Waals surface area contributed by atoms with Crippen LogP contribution in [0.1, 0.15) is 26.7 Å². The summed E-state index contributed by atoms with van der Waals surface area (Å²) >= 11 is 0. The topological polar surface area (TPSA) is 89.9 Å². The average molecular weight is 246 g/mol. The molecule has 0 fully saturated rings. The fraction of sp³-hybridized carbons (Fsp3) is 0.818. The van der Waals surface area contributed by atoms with Crippen molar-refractivity contribution in [1.82, 2.24) is 10.2 Å². The van der Waals surface area contributed by atoms with Crippen molar-refractivity contribution >= 4 is 12.0 Å². The van der Waals surface area contributed by atoms with E-state index in [1.54, 1.807) is 20.9 Å². The molecule has 0 bridgehead atoms. The number of carboxylic acids is 1. The molecule has 0 heterocycles. The summed E-state index contributed by atoms with van der Waals surface area (Å²) in [6.45, 7) is 4.08. The van der Waals surface area contributed by atoms with Gasteiger partial charge in [0.25, 0.3) is 0 Å². The van der Waals surface area contributed by atoms with E-state index in [1.807, 2.05) is 0 Å². The predicted octanol–water partition coefficient (Wildman–Crippen LogP) is 0.509. The number of nitrogens with one attached hydrogen (secondary N) is 1. The zero-order chi connectivity index (χ0) is 13.4. The highest BCUT2D eigenvalue weighted by Crippen LogP contribution is 2.00. The van der Waals surface area contributed by atoms with Crippen LogP contribution in [0.2, 0.25) is 0 Å². The molecule has 17 heavy (non-hydrogen) atoms. The standard InChI is InChI=1S/C11H22N2O4/c1-8(10(15)16)4-6-12-11(17)13(3)7-5-9(2)14/h8-9,14H,4-7H2,1-3H3,(H,12,17)(H,15,16). The van der Waals surface area contributed by atoms with Crippen LogP contribution in [-0.2, 0) is 4.79 Å². The van der Waals surface area contributed by atoms with Crippen LogP contribution in [0.4, 0.5) is 4.79 Å². The van der Waals surface area contributed by atoms with Gasteiger partial charge in [-0.3, -0.25) is 4.79 Å². The number of aliphatic hydroxyl groups is 1. The number of aliphatic hydroxyl groups excluding tert-OH is 1. The lowest BCUT2D eigenvalue weighted by atomic mass is 10.1. The lowest BCUT2D eigenvalue weighted by molar-refractivity contribution is -0.141. The molecule has 0 rings (SSSR count). The van der Waals surface area contributed by atoms with Crippen molar-refractivity contribution in [3.63, 3.8) is 0 Å². The number of hydrogen-bond acceptors (Lipinski definition) is 3. The van der Waals surface area contributed by atoms with Gasteiger partial charge < -0.3 is 20.4 Å². The first kappa shape index (κ1) is 15.7. The minimum Gasteiger partial charge on any atom is -0.481 e. The molecule has 0 aromatic carbocycles.